The van der Waals surface area contributed by atoms with Crippen LogP contribution < -0.4 is 0 Å². The molecular formula is C10H12F2N2O3. The van der Waals surface area contributed by atoms with Crippen LogP contribution in [0.2, 0.25) is 0 Å². The van der Waals surface area contributed by atoms with Gasteiger partial charge in [-0.3, -0.25) is 0 Å². The summed E-state index contributed by atoms with van der Waals surface area (Å²) in [6.07, 6.45) is -2.03. The molecule has 1 aromatic rings. The van der Waals surface area contributed by atoms with Crippen molar-refractivity contribution in [2.24, 2.45) is 0 Å². The van der Waals surface area contributed by atoms with Crippen molar-refractivity contribution in [1.82, 2.24) is 9.97 Å². The Kier molecular flexibility index (Phi) is 4.45. The number of ether oxygens (including phenoxy) is 1. The van der Waals surface area contributed by atoms with E-state index < -0.39 is 23.7 Å². The number of alkyl halides is 2. The minimum Gasteiger partial charge on any atom is -0.478 e. The Morgan fingerprint density at radius 2 is 2.24 bits per heavy atom. The summed E-state index contributed by atoms with van der Waals surface area (Å²) in [6.45, 7) is 1.73. The first kappa shape index (κ1) is 13.4. The number of carbonyl (C=O) groups is 1. The average molecular weight is 246 g/mol. The number of nitrogens with zero attached hydrogens (tertiary/aromatic N) is 2. The number of methoxy groups -OCH3 is 1. The van der Waals surface area contributed by atoms with E-state index in [1.807, 2.05) is 0 Å². The first-order chi connectivity index (χ1) is 7.95. The number of halogens is 2. The molecule has 1 unspecified atom stereocenters. The van der Waals surface area contributed by atoms with E-state index in [1.165, 1.54) is 7.11 Å². The molecule has 1 N–H and O–H groups in total. The summed E-state index contributed by atoms with van der Waals surface area (Å²) in [7, 11) is 1.48. The average Bonchev–Trinajstić information content (AvgIpc) is 2.28. The molecule has 0 aliphatic rings. The molecule has 7 heteroatoms. The van der Waals surface area contributed by atoms with Crippen molar-refractivity contribution >= 4 is 5.97 Å². The fraction of sp³-hybridized carbons (Fsp3) is 0.500. The van der Waals surface area contributed by atoms with Crippen LogP contribution in [0.25, 0.3) is 0 Å². The Hall–Kier alpha value is -1.63. The number of carboxylic acid groups (broad SMARTS) is 1. The maximum absolute atomic E-state index is 12.6. The second-order valence-corrected chi connectivity index (χ2v) is 3.44. The van der Waals surface area contributed by atoms with Gasteiger partial charge in [0.15, 0.2) is 0 Å². The molecule has 0 aliphatic carbocycles. The molecule has 0 radical (unpaired) electrons. The van der Waals surface area contributed by atoms with E-state index in [1.54, 1.807) is 6.92 Å². The quantitative estimate of drug-likeness (QED) is 0.855. The molecule has 1 rings (SSSR count). The molecule has 1 heterocycles. The molecule has 0 fully saturated rings. The van der Waals surface area contributed by atoms with Crippen molar-refractivity contribution in [3.05, 3.63) is 23.3 Å². The minimum atomic E-state index is -2.94. The highest BCUT2D eigenvalue weighted by Gasteiger charge is 2.21. The van der Waals surface area contributed by atoms with Gasteiger partial charge >= 0.3 is 5.97 Å². The normalized spacial score (nSPS) is 12.8. The maximum Gasteiger partial charge on any atom is 0.339 e. The smallest absolute Gasteiger partial charge is 0.339 e. The maximum atomic E-state index is 12.6. The molecule has 17 heavy (non-hydrogen) atoms. The molecule has 5 nitrogen and oxygen atoms in total. The summed E-state index contributed by atoms with van der Waals surface area (Å²) < 4.78 is 30.2. The van der Waals surface area contributed by atoms with Crippen molar-refractivity contribution in [3.8, 4) is 0 Å². The number of aromatic carboxylic acids is 1. The summed E-state index contributed by atoms with van der Waals surface area (Å²) in [5.41, 5.74) is -1.33. The fourth-order valence-corrected chi connectivity index (χ4v) is 1.20. The largest absolute Gasteiger partial charge is 0.478 e. The van der Waals surface area contributed by atoms with E-state index in [0.717, 1.165) is 6.20 Å². The van der Waals surface area contributed by atoms with Crippen LogP contribution in [0.3, 0.4) is 0 Å². The molecule has 0 amide bonds. The monoisotopic (exact) mass is 246 g/mol. The Balaban J connectivity index is 3.05. The summed E-state index contributed by atoms with van der Waals surface area (Å²) in [6, 6.07) is 0. The van der Waals surface area contributed by atoms with Gasteiger partial charge in [-0.05, 0) is 6.92 Å². The first-order valence-corrected chi connectivity index (χ1v) is 4.85. The zero-order valence-electron chi connectivity index (χ0n) is 9.35. The molecule has 94 valence electrons. The van der Waals surface area contributed by atoms with Crippen molar-refractivity contribution in [2.75, 3.05) is 7.11 Å². The van der Waals surface area contributed by atoms with Gasteiger partial charge in [-0.15, -0.1) is 0 Å². The molecule has 0 bridgehead atoms. The number of carboxylic acids is 1. The van der Waals surface area contributed by atoms with Crippen LogP contribution in [0.1, 0.15) is 35.2 Å². The molecule has 0 saturated carbocycles. The van der Waals surface area contributed by atoms with E-state index in [2.05, 4.69) is 9.97 Å². The van der Waals surface area contributed by atoms with Crippen LogP contribution in [0.5, 0.6) is 0 Å². The van der Waals surface area contributed by atoms with Gasteiger partial charge in [0.05, 0.1) is 6.10 Å². The Morgan fingerprint density at radius 1 is 1.59 bits per heavy atom. The third-order valence-corrected chi connectivity index (χ3v) is 2.18. The molecule has 0 aromatic carbocycles. The number of hydrogen-bond donors (Lipinski definition) is 1. The zero-order valence-corrected chi connectivity index (χ0v) is 9.35. The zero-order chi connectivity index (χ0) is 13.0. The highest BCUT2D eigenvalue weighted by molar-refractivity contribution is 5.88. The van der Waals surface area contributed by atoms with Crippen LogP contribution in [0, 0.1) is 0 Å². The van der Waals surface area contributed by atoms with Gasteiger partial charge < -0.3 is 9.84 Å². The molecule has 0 spiro atoms. The molecule has 0 aliphatic heterocycles. The van der Waals surface area contributed by atoms with Gasteiger partial charge in [0.1, 0.15) is 17.1 Å². The topological polar surface area (TPSA) is 72.3 Å². The highest BCUT2D eigenvalue weighted by atomic mass is 19.3. The standard InChI is InChI=1S/C10H12F2N2O3/c1-5(17-2)3-7-13-4-6(10(15)16)8(14-7)9(11)12/h4-5,9H,3H2,1-2H3,(H,15,16). The van der Waals surface area contributed by atoms with Gasteiger partial charge in [-0.1, -0.05) is 0 Å². The highest BCUT2D eigenvalue weighted by Crippen LogP contribution is 2.20. The lowest BCUT2D eigenvalue weighted by atomic mass is 10.2. The van der Waals surface area contributed by atoms with Gasteiger partial charge in [0.25, 0.3) is 6.43 Å². The molecule has 1 atom stereocenters. The predicted molar refractivity (Wildman–Crippen MR) is 54.1 cm³/mol. The van der Waals surface area contributed by atoms with E-state index in [4.69, 9.17) is 9.84 Å². The Morgan fingerprint density at radius 3 is 2.71 bits per heavy atom. The van der Waals surface area contributed by atoms with Crippen molar-refractivity contribution in [3.63, 3.8) is 0 Å². The second-order valence-electron chi connectivity index (χ2n) is 3.44. The summed E-state index contributed by atoms with van der Waals surface area (Å²) in [5.74, 6) is -1.33. The van der Waals surface area contributed by atoms with Crippen LogP contribution in [0.15, 0.2) is 6.20 Å². The third kappa shape index (κ3) is 3.42. The van der Waals surface area contributed by atoms with E-state index in [9.17, 15) is 13.6 Å². The van der Waals surface area contributed by atoms with E-state index >= 15 is 0 Å². The van der Waals surface area contributed by atoms with Crippen LogP contribution >= 0.6 is 0 Å². The molecule has 1 aromatic heterocycles. The number of rotatable bonds is 5. The first-order valence-electron chi connectivity index (χ1n) is 4.85. The number of hydrogen-bond acceptors (Lipinski definition) is 4. The lowest BCUT2D eigenvalue weighted by Crippen LogP contribution is -2.15. The van der Waals surface area contributed by atoms with Crippen molar-refractivity contribution in [1.29, 1.82) is 0 Å². The van der Waals surface area contributed by atoms with Gasteiger partial charge in [0.2, 0.25) is 0 Å². The van der Waals surface area contributed by atoms with Gasteiger partial charge in [0, 0.05) is 19.7 Å². The van der Waals surface area contributed by atoms with Crippen LogP contribution in [0.4, 0.5) is 8.78 Å². The lowest BCUT2D eigenvalue weighted by molar-refractivity contribution is 0.0681. The predicted octanol–water partition coefficient (Wildman–Crippen LogP) is 1.69. The van der Waals surface area contributed by atoms with Crippen molar-refractivity contribution < 1.29 is 23.4 Å². The minimum absolute atomic E-state index is 0.139. The van der Waals surface area contributed by atoms with Gasteiger partial charge in [-0.25, -0.2) is 23.5 Å². The second kappa shape index (κ2) is 5.62. The molecular weight excluding hydrogens is 234 g/mol. The fourth-order valence-electron chi connectivity index (χ4n) is 1.20. The van der Waals surface area contributed by atoms with Crippen molar-refractivity contribution in [2.45, 2.75) is 25.9 Å². The summed E-state index contributed by atoms with van der Waals surface area (Å²) in [4.78, 5) is 18.0. The van der Waals surface area contributed by atoms with Gasteiger partial charge in [-0.2, -0.15) is 0 Å². The lowest BCUT2D eigenvalue weighted by Gasteiger charge is -2.10. The van der Waals surface area contributed by atoms with E-state index in [0.29, 0.717) is 0 Å². The molecule has 0 saturated heterocycles. The van der Waals surface area contributed by atoms with E-state index in [-0.39, 0.29) is 18.3 Å². The van der Waals surface area contributed by atoms with Crippen LogP contribution in [-0.4, -0.2) is 34.3 Å². The number of aromatic nitrogens is 2. The van der Waals surface area contributed by atoms with Crippen LogP contribution in [-0.2, 0) is 11.2 Å². The Bertz CT molecular complexity index is 413. The summed E-state index contributed by atoms with van der Waals surface area (Å²) in [5, 5.41) is 8.70. The Labute approximate surface area is 96.5 Å². The third-order valence-electron chi connectivity index (χ3n) is 2.18. The SMILES string of the molecule is COC(C)Cc1ncc(C(=O)O)c(C(F)F)n1. The summed E-state index contributed by atoms with van der Waals surface area (Å²) >= 11 is 0.